The Morgan fingerprint density at radius 2 is 1.68 bits per heavy atom. The lowest BCUT2D eigenvalue weighted by Gasteiger charge is -2.38. The van der Waals surface area contributed by atoms with Gasteiger partial charge in [0.05, 0.1) is 28.2 Å². The van der Waals surface area contributed by atoms with Gasteiger partial charge in [-0.1, -0.05) is 30.3 Å². The highest BCUT2D eigenvalue weighted by atomic mass is 32.2. The Bertz CT molecular complexity index is 1310. The summed E-state index contributed by atoms with van der Waals surface area (Å²) in [5.74, 6) is -5.73. The van der Waals surface area contributed by atoms with E-state index in [0.717, 1.165) is 29.8 Å². The number of nitro benzene ring substituents is 1. The monoisotopic (exact) mass is 531 g/mol. The Labute approximate surface area is 212 Å². The third-order valence-corrected chi connectivity index (χ3v) is 7.82. The van der Waals surface area contributed by atoms with E-state index in [9.17, 15) is 37.7 Å². The zero-order chi connectivity index (χ0) is 27.3. The summed E-state index contributed by atoms with van der Waals surface area (Å²) in [6, 6.07) is 11.9. The molecule has 1 heterocycles. The number of hydrogen-bond acceptors (Lipinski definition) is 8. The third kappa shape index (κ3) is 6.27. The van der Waals surface area contributed by atoms with E-state index in [1.807, 2.05) is 18.2 Å². The molecule has 5 N–H and O–H groups in total. The Hall–Kier alpha value is -4.33. The lowest BCUT2D eigenvalue weighted by Crippen LogP contribution is -2.66. The summed E-state index contributed by atoms with van der Waals surface area (Å²) in [5, 5.41) is 13.2. The van der Waals surface area contributed by atoms with Crippen molar-refractivity contribution in [2.45, 2.75) is 30.2 Å². The second-order valence-electron chi connectivity index (χ2n) is 8.50. The van der Waals surface area contributed by atoms with Crippen LogP contribution in [0.1, 0.15) is 18.4 Å². The molecule has 0 spiro atoms. The molecule has 1 unspecified atom stereocenters. The number of nitrogens with one attached hydrogen (secondary N) is 1. The molecule has 1 fully saturated rings. The molecular formula is C23H25N5O8S. The molecule has 2 aromatic rings. The summed E-state index contributed by atoms with van der Waals surface area (Å²) >= 11 is 0. The molecule has 0 saturated carbocycles. The van der Waals surface area contributed by atoms with Crippen LogP contribution in [0.3, 0.4) is 0 Å². The van der Waals surface area contributed by atoms with Gasteiger partial charge in [0, 0.05) is 18.6 Å². The molecule has 0 aliphatic carbocycles. The maximum Gasteiger partial charge on any atom is 0.269 e. The molecule has 3 rings (SSSR count). The lowest BCUT2D eigenvalue weighted by atomic mass is 9.83. The summed E-state index contributed by atoms with van der Waals surface area (Å²) < 4.78 is 26.1. The quantitative estimate of drug-likeness (QED) is 0.190. The van der Waals surface area contributed by atoms with E-state index in [2.05, 4.69) is 5.32 Å². The predicted molar refractivity (Wildman–Crippen MR) is 129 cm³/mol. The van der Waals surface area contributed by atoms with Crippen LogP contribution < -0.4 is 16.8 Å². The highest BCUT2D eigenvalue weighted by Gasteiger charge is 2.46. The first-order valence-corrected chi connectivity index (χ1v) is 12.6. The molecule has 1 aliphatic heterocycles. The number of sulfonamides is 1. The number of β-lactam (4-membered cyclic amide) rings is 1. The van der Waals surface area contributed by atoms with E-state index >= 15 is 0 Å². The Kier molecular flexibility index (Phi) is 8.22. The van der Waals surface area contributed by atoms with E-state index in [4.69, 9.17) is 11.5 Å². The molecule has 1 saturated heterocycles. The van der Waals surface area contributed by atoms with Crippen molar-refractivity contribution >= 4 is 39.3 Å². The normalized spacial score (nSPS) is 16.8. The van der Waals surface area contributed by atoms with Gasteiger partial charge in [0.2, 0.25) is 17.7 Å². The van der Waals surface area contributed by atoms with Gasteiger partial charge in [-0.25, -0.2) is 12.7 Å². The average molecular weight is 532 g/mol. The Balaban J connectivity index is 1.73. The number of hydrogen-bond donors (Lipinski definition) is 3. The van der Waals surface area contributed by atoms with Crippen LogP contribution in [-0.2, 0) is 35.6 Å². The zero-order valence-corrected chi connectivity index (χ0v) is 20.3. The first-order chi connectivity index (χ1) is 17.4. The van der Waals surface area contributed by atoms with Crippen LogP contribution in [0.15, 0.2) is 59.5 Å². The van der Waals surface area contributed by atoms with Crippen molar-refractivity contribution in [3.05, 3.63) is 70.3 Å². The van der Waals surface area contributed by atoms with Gasteiger partial charge in [-0.3, -0.25) is 29.3 Å². The van der Waals surface area contributed by atoms with Crippen molar-refractivity contribution < 1.29 is 32.5 Å². The van der Waals surface area contributed by atoms with Crippen LogP contribution in [0.25, 0.3) is 0 Å². The number of aryl methyl sites for hydroxylation is 1. The van der Waals surface area contributed by atoms with Gasteiger partial charge >= 0.3 is 0 Å². The van der Waals surface area contributed by atoms with Crippen LogP contribution in [0, 0.1) is 22.0 Å². The number of carbonyl (C=O) groups excluding carboxylic acids is 4. The van der Waals surface area contributed by atoms with Gasteiger partial charge in [0.25, 0.3) is 21.6 Å². The second-order valence-corrected chi connectivity index (χ2v) is 10.4. The van der Waals surface area contributed by atoms with Gasteiger partial charge in [0.15, 0.2) is 0 Å². The maximum absolute atomic E-state index is 13.1. The van der Waals surface area contributed by atoms with Gasteiger partial charge < -0.3 is 16.8 Å². The zero-order valence-electron chi connectivity index (χ0n) is 19.5. The van der Waals surface area contributed by atoms with E-state index in [1.165, 1.54) is 0 Å². The number of rotatable bonds is 12. The standard InChI is InChI=1S/C23H25N5O8S/c24-20(29)12-18(21(25)30)17(11-6-14-4-2-1-3-5-14)22(31)26-19-13-27(23(19)32)37(35,36)16-9-7-15(8-10-16)28(33)34/h1-5,7-10,17-19H,6,11-13H2,(H2,24,29)(H2,25,30)(H,26,31)/t17?,18-,19+/m0/s1. The minimum atomic E-state index is -4.30. The smallest absolute Gasteiger partial charge is 0.269 e. The average Bonchev–Trinajstić information content (AvgIpc) is 2.85. The number of carbonyl (C=O) groups is 4. The number of benzene rings is 2. The fourth-order valence-electron chi connectivity index (χ4n) is 4.00. The molecule has 37 heavy (non-hydrogen) atoms. The highest BCUT2D eigenvalue weighted by molar-refractivity contribution is 7.89. The van der Waals surface area contributed by atoms with Crippen LogP contribution >= 0.6 is 0 Å². The van der Waals surface area contributed by atoms with Gasteiger partial charge in [-0.05, 0) is 30.5 Å². The summed E-state index contributed by atoms with van der Waals surface area (Å²) in [4.78, 5) is 59.1. The summed E-state index contributed by atoms with van der Waals surface area (Å²) in [5.41, 5.74) is 11.2. The van der Waals surface area contributed by atoms with Gasteiger partial charge in [0.1, 0.15) is 6.04 Å². The molecule has 0 radical (unpaired) electrons. The fourth-order valence-corrected chi connectivity index (χ4v) is 5.45. The molecule has 13 nitrogen and oxygen atoms in total. The molecule has 2 aromatic carbocycles. The summed E-state index contributed by atoms with van der Waals surface area (Å²) in [7, 11) is -4.30. The van der Waals surface area contributed by atoms with Crippen molar-refractivity contribution in [3.8, 4) is 0 Å². The number of amides is 4. The van der Waals surface area contributed by atoms with Crippen LogP contribution in [-0.4, -0.2) is 53.9 Å². The Morgan fingerprint density at radius 1 is 1.05 bits per heavy atom. The second kappa shape index (κ2) is 11.2. The highest BCUT2D eigenvalue weighted by Crippen LogP contribution is 2.27. The third-order valence-electron chi connectivity index (χ3n) is 6.04. The minimum Gasteiger partial charge on any atom is -0.370 e. The minimum absolute atomic E-state index is 0.114. The molecule has 0 aromatic heterocycles. The van der Waals surface area contributed by atoms with Gasteiger partial charge in [-0.2, -0.15) is 0 Å². The lowest BCUT2D eigenvalue weighted by molar-refractivity contribution is -0.384. The maximum atomic E-state index is 13.1. The van der Waals surface area contributed by atoms with Crippen molar-refractivity contribution in [1.29, 1.82) is 0 Å². The summed E-state index contributed by atoms with van der Waals surface area (Å²) in [6.07, 6.45) is 0.00462. The topological polar surface area (TPSA) is 213 Å². The molecule has 14 heteroatoms. The van der Waals surface area contributed by atoms with Crippen molar-refractivity contribution in [3.63, 3.8) is 0 Å². The molecule has 1 aliphatic rings. The van der Waals surface area contributed by atoms with E-state index in [0.29, 0.717) is 10.7 Å². The number of nitrogens with zero attached hydrogens (tertiary/aromatic N) is 2. The number of nitro groups is 1. The van der Waals surface area contributed by atoms with E-state index in [1.54, 1.807) is 12.1 Å². The largest absolute Gasteiger partial charge is 0.370 e. The van der Waals surface area contributed by atoms with Crippen LogP contribution in [0.4, 0.5) is 5.69 Å². The van der Waals surface area contributed by atoms with Crippen LogP contribution in [0.5, 0.6) is 0 Å². The number of primary amides is 2. The molecule has 196 valence electrons. The molecular weight excluding hydrogens is 506 g/mol. The first-order valence-electron chi connectivity index (χ1n) is 11.1. The van der Waals surface area contributed by atoms with E-state index in [-0.39, 0.29) is 23.5 Å². The van der Waals surface area contributed by atoms with Gasteiger partial charge in [-0.15, -0.1) is 0 Å². The van der Waals surface area contributed by atoms with Crippen molar-refractivity contribution in [2.24, 2.45) is 23.3 Å². The fraction of sp³-hybridized carbons (Fsp3) is 0.304. The van der Waals surface area contributed by atoms with Crippen LogP contribution in [0.2, 0.25) is 0 Å². The molecule has 0 bridgehead atoms. The van der Waals surface area contributed by atoms with Crippen molar-refractivity contribution in [1.82, 2.24) is 9.62 Å². The van der Waals surface area contributed by atoms with E-state index < -0.39 is 62.9 Å². The Morgan fingerprint density at radius 3 is 2.19 bits per heavy atom. The number of non-ortho nitro benzene ring substituents is 1. The number of nitrogens with two attached hydrogens (primary N) is 2. The predicted octanol–water partition coefficient (Wildman–Crippen LogP) is -0.164. The van der Waals surface area contributed by atoms with Crippen molar-refractivity contribution in [2.75, 3.05) is 6.54 Å². The first kappa shape index (κ1) is 27.3. The SMILES string of the molecule is NC(=O)C[C@H](C(N)=O)C(CCc1ccccc1)C(=O)N[C@@H]1CN(S(=O)(=O)c2ccc([N+](=O)[O-])cc2)C1=O. The molecule has 4 amide bonds. The molecule has 3 atom stereocenters. The summed E-state index contributed by atoms with van der Waals surface area (Å²) in [6.45, 7) is -0.383.